The summed E-state index contributed by atoms with van der Waals surface area (Å²) in [5.41, 5.74) is 0. The first kappa shape index (κ1) is 5.66. The molecule has 0 aromatic carbocycles. The lowest BCUT2D eigenvalue weighted by Crippen LogP contribution is -2.14. The number of hydrogen-bond donors (Lipinski definition) is 1. The van der Waals surface area contributed by atoms with Gasteiger partial charge >= 0.3 is 0 Å². The molecule has 1 N–H and O–H groups in total. The monoisotopic (exact) mass is 129 g/mol. The van der Waals surface area contributed by atoms with Crippen LogP contribution in [0, 0.1) is 11.8 Å². The highest BCUT2D eigenvalue weighted by Crippen LogP contribution is 2.40. The van der Waals surface area contributed by atoms with E-state index in [4.69, 9.17) is 0 Å². The van der Waals surface area contributed by atoms with Crippen LogP contribution in [0.25, 0.3) is 0 Å². The maximum Gasteiger partial charge on any atom is 0.117 e. The zero-order valence-corrected chi connectivity index (χ0v) is 5.44. The third kappa shape index (κ3) is 0.960. The topological polar surface area (TPSA) is 12.0 Å². The Bertz CT molecular complexity index is 111. The Morgan fingerprint density at radius 3 is 2.44 bits per heavy atom. The van der Waals surface area contributed by atoms with Crippen LogP contribution in [-0.4, -0.2) is 19.3 Å². The van der Waals surface area contributed by atoms with E-state index >= 15 is 0 Å². The molecule has 9 heavy (non-hydrogen) atoms. The van der Waals surface area contributed by atoms with Crippen LogP contribution in [0.3, 0.4) is 0 Å². The largest absolute Gasteiger partial charge is 0.313 e. The molecule has 2 aliphatic rings. The summed E-state index contributed by atoms with van der Waals surface area (Å²) in [6, 6.07) is 0. The Morgan fingerprint density at radius 2 is 2.00 bits per heavy atom. The van der Waals surface area contributed by atoms with Gasteiger partial charge in [-0.25, -0.2) is 4.39 Å². The number of halogens is 1. The van der Waals surface area contributed by atoms with E-state index in [0.717, 1.165) is 12.5 Å². The van der Waals surface area contributed by atoms with Gasteiger partial charge in [-0.05, 0) is 18.8 Å². The predicted octanol–water partition coefficient (Wildman–Crippen LogP) is 0.954. The van der Waals surface area contributed by atoms with Gasteiger partial charge in [0.15, 0.2) is 0 Å². The van der Waals surface area contributed by atoms with Gasteiger partial charge in [-0.1, -0.05) is 0 Å². The molecule has 1 heterocycles. The van der Waals surface area contributed by atoms with Gasteiger partial charge in [0.05, 0.1) is 0 Å². The van der Waals surface area contributed by atoms with E-state index in [2.05, 4.69) is 5.32 Å². The molecular formula is C7H12FN. The van der Waals surface area contributed by atoms with Crippen molar-refractivity contribution in [2.75, 3.05) is 13.1 Å². The highest BCUT2D eigenvalue weighted by atomic mass is 19.1. The van der Waals surface area contributed by atoms with Crippen molar-refractivity contribution in [1.29, 1.82) is 0 Å². The molecule has 0 radical (unpaired) electrons. The molecule has 0 amide bonds. The van der Waals surface area contributed by atoms with Crippen LogP contribution in [-0.2, 0) is 0 Å². The molecule has 0 unspecified atom stereocenters. The highest BCUT2D eigenvalue weighted by Gasteiger charge is 2.39. The fourth-order valence-electron chi connectivity index (χ4n) is 1.65. The summed E-state index contributed by atoms with van der Waals surface area (Å²) in [5, 5.41) is 3.07. The normalized spacial score (nSPS) is 43.7. The number of alkyl halides is 1. The molecule has 0 aromatic heterocycles. The first-order chi connectivity index (χ1) is 4.38. The molecule has 0 aromatic rings. The SMILES string of the molecule is F[C@H]1CNC[C@@H]1C1CC1. The van der Waals surface area contributed by atoms with Gasteiger partial charge in [-0.2, -0.15) is 0 Å². The highest BCUT2D eigenvalue weighted by molar-refractivity contribution is 4.91. The van der Waals surface area contributed by atoms with E-state index in [1.807, 2.05) is 0 Å². The van der Waals surface area contributed by atoms with Gasteiger partial charge in [-0.3, -0.25) is 0 Å². The summed E-state index contributed by atoms with van der Waals surface area (Å²) >= 11 is 0. The summed E-state index contributed by atoms with van der Waals surface area (Å²) < 4.78 is 12.8. The van der Waals surface area contributed by atoms with Crippen molar-refractivity contribution in [3.05, 3.63) is 0 Å². The second kappa shape index (κ2) is 1.94. The third-order valence-electron chi connectivity index (χ3n) is 2.41. The van der Waals surface area contributed by atoms with E-state index in [1.54, 1.807) is 0 Å². The minimum atomic E-state index is -0.544. The smallest absolute Gasteiger partial charge is 0.117 e. The Morgan fingerprint density at radius 1 is 1.22 bits per heavy atom. The van der Waals surface area contributed by atoms with Crippen LogP contribution in [0.1, 0.15) is 12.8 Å². The zero-order valence-electron chi connectivity index (χ0n) is 5.44. The van der Waals surface area contributed by atoms with E-state index in [1.165, 1.54) is 12.8 Å². The lowest BCUT2D eigenvalue weighted by atomic mass is 10.0. The Balaban J connectivity index is 1.93. The van der Waals surface area contributed by atoms with Crippen molar-refractivity contribution < 1.29 is 4.39 Å². The van der Waals surface area contributed by atoms with E-state index in [-0.39, 0.29) is 0 Å². The minimum Gasteiger partial charge on any atom is -0.313 e. The molecule has 2 rings (SSSR count). The maximum absolute atomic E-state index is 12.8. The molecule has 2 atom stereocenters. The van der Waals surface area contributed by atoms with Gasteiger partial charge < -0.3 is 5.32 Å². The Hall–Kier alpha value is -0.110. The van der Waals surface area contributed by atoms with Crippen molar-refractivity contribution in [3.8, 4) is 0 Å². The first-order valence-electron chi connectivity index (χ1n) is 3.72. The third-order valence-corrected chi connectivity index (χ3v) is 2.41. The van der Waals surface area contributed by atoms with E-state index < -0.39 is 6.17 Å². The number of nitrogens with one attached hydrogen (secondary N) is 1. The lowest BCUT2D eigenvalue weighted by molar-refractivity contribution is 0.262. The van der Waals surface area contributed by atoms with E-state index in [0.29, 0.717) is 12.5 Å². The van der Waals surface area contributed by atoms with E-state index in [9.17, 15) is 4.39 Å². The lowest BCUT2D eigenvalue weighted by Gasteiger charge is -2.07. The molecule has 0 spiro atoms. The van der Waals surface area contributed by atoms with Crippen LogP contribution >= 0.6 is 0 Å². The summed E-state index contributed by atoms with van der Waals surface area (Å²) in [6.07, 6.45) is 2.00. The second-order valence-corrected chi connectivity index (χ2v) is 3.18. The van der Waals surface area contributed by atoms with Crippen LogP contribution in [0.4, 0.5) is 4.39 Å². The molecule has 1 aliphatic heterocycles. The molecule has 1 saturated carbocycles. The maximum atomic E-state index is 12.8. The zero-order chi connectivity index (χ0) is 6.27. The summed E-state index contributed by atoms with van der Waals surface area (Å²) in [5.74, 6) is 1.10. The molecule has 0 bridgehead atoms. The van der Waals surface area contributed by atoms with Crippen LogP contribution in [0.15, 0.2) is 0 Å². The standard InChI is InChI=1S/C7H12FN/c8-7-4-9-3-6(7)5-1-2-5/h5-7,9H,1-4H2/t6-,7+/m1/s1. The van der Waals surface area contributed by atoms with Crippen molar-refractivity contribution in [2.45, 2.75) is 19.0 Å². The quantitative estimate of drug-likeness (QED) is 0.556. The fourth-order valence-corrected chi connectivity index (χ4v) is 1.65. The minimum absolute atomic E-state index is 0.366. The Labute approximate surface area is 54.6 Å². The van der Waals surface area contributed by atoms with Gasteiger partial charge in [0, 0.05) is 19.0 Å². The molecule has 1 nitrogen and oxygen atoms in total. The van der Waals surface area contributed by atoms with Crippen LogP contribution < -0.4 is 5.32 Å². The Kier molecular flexibility index (Phi) is 1.22. The van der Waals surface area contributed by atoms with Gasteiger partial charge in [0.2, 0.25) is 0 Å². The molecule has 1 aliphatic carbocycles. The average Bonchev–Trinajstić information content (AvgIpc) is 2.58. The average molecular weight is 129 g/mol. The van der Waals surface area contributed by atoms with Gasteiger partial charge in [0.25, 0.3) is 0 Å². The number of hydrogen-bond acceptors (Lipinski definition) is 1. The van der Waals surface area contributed by atoms with Crippen molar-refractivity contribution in [1.82, 2.24) is 5.32 Å². The molecule has 52 valence electrons. The predicted molar refractivity (Wildman–Crippen MR) is 34.0 cm³/mol. The van der Waals surface area contributed by atoms with Gasteiger partial charge in [-0.15, -0.1) is 0 Å². The summed E-state index contributed by atoms with van der Waals surface area (Å²) in [6.45, 7) is 1.52. The molecular weight excluding hydrogens is 117 g/mol. The number of rotatable bonds is 1. The van der Waals surface area contributed by atoms with Crippen LogP contribution in [0.5, 0.6) is 0 Å². The molecule has 2 fully saturated rings. The van der Waals surface area contributed by atoms with Crippen LogP contribution in [0.2, 0.25) is 0 Å². The van der Waals surface area contributed by atoms with Gasteiger partial charge in [0.1, 0.15) is 6.17 Å². The molecule has 1 saturated heterocycles. The summed E-state index contributed by atoms with van der Waals surface area (Å²) in [4.78, 5) is 0. The molecule has 2 heteroatoms. The summed E-state index contributed by atoms with van der Waals surface area (Å²) in [7, 11) is 0. The van der Waals surface area contributed by atoms with Crippen molar-refractivity contribution in [3.63, 3.8) is 0 Å². The first-order valence-corrected chi connectivity index (χ1v) is 3.72. The van der Waals surface area contributed by atoms with Crippen molar-refractivity contribution >= 4 is 0 Å². The fraction of sp³-hybridized carbons (Fsp3) is 1.00. The second-order valence-electron chi connectivity index (χ2n) is 3.18. The van der Waals surface area contributed by atoms with Crippen molar-refractivity contribution in [2.24, 2.45) is 11.8 Å².